The van der Waals surface area contributed by atoms with Gasteiger partial charge in [0.1, 0.15) is 5.75 Å². The van der Waals surface area contributed by atoms with Crippen LogP contribution in [0.25, 0.3) is 0 Å². The number of piperidine rings is 1. The molecule has 2 fully saturated rings. The fourth-order valence-corrected chi connectivity index (χ4v) is 4.43. The van der Waals surface area contributed by atoms with Crippen LogP contribution in [0.2, 0.25) is 0 Å². The first-order valence-corrected chi connectivity index (χ1v) is 10.9. The topological polar surface area (TPSA) is 63.2 Å². The van der Waals surface area contributed by atoms with Gasteiger partial charge in [-0.25, -0.2) is 0 Å². The highest BCUT2D eigenvalue weighted by molar-refractivity contribution is 5.94. The van der Waals surface area contributed by atoms with Crippen LogP contribution in [0.5, 0.6) is 5.75 Å². The van der Waals surface area contributed by atoms with E-state index in [0.29, 0.717) is 5.92 Å². The molecule has 0 spiro atoms. The smallest absolute Gasteiger partial charge is 0.251 e. The molecule has 2 N–H and O–H groups in total. The lowest BCUT2D eigenvalue weighted by Crippen LogP contribution is -2.39. The highest BCUT2D eigenvalue weighted by atomic mass is 16.5. The third-order valence-electron chi connectivity index (χ3n) is 6.24. The van der Waals surface area contributed by atoms with Crippen molar-refractivity contribution in [2.75, 3.05) is 13.1 Å². The van der Waals surface area contributed by atoms with Crippen molar-refractivity contribution in [1.82, 2.24) is 15.6 Å². The van der Waals surface area contributed by atoms with Crippen LogP contribution >= 0.6 is 0 Å². The molecule has 4 rings (SSSR count). The quantitative estimate of drug-likeness (QED) is 0.807. The summed E-state index contributed by atoms with van der Waals surface area (Å²) in [5.74, 6) is 1.52. The molecular formula is C24H31N3O2. The fraction of sp³-hybridized carbons (Fsp3) is 0.500. The Morgan fingerprint density at radius 1 is 1.03 bits per heavy atom. The molecule has 1 amide bonds. The van der Waals surface area contributed by atoms with Crippen LogP contribution in [0.3, 0.4) is 0 Å². The first kappa shape index (κ1) is 19.9. The minimum atomic E-state index is 0.0364. The molecule has 0 unspecified atom stereocenters. The van der Waals surface area contributed by atoms with Gasteiger partial charge < -0.3 is 15.4 Å². The average Bonchev–Trinajstić information content (AvgIpc) is 2.77. The summed E-state index contributed by atoms with van der Waals surface area (Å²) in [5, 5.41) is 6.62. The van der Waals surface area contributed by atoms with E-state index in [-0.39, 0.29) is 18.1 Å². The first-order valence-electron chi connectivity index (χ1n) is 10.9. The minimum absolute atomic E-state index is 0.0364. The van der Waals surface area contributed by atoms with Gasteiger partial charge >= 0.3 is 0 Å². The van der Waals surface area contributed by atoms with Crippen LogP contribution < -0.4 is 15.4 Å². The molecule has 1 aliphatic carbocycles. The summed E-state index contributed by atoms with van der Waals surface area (Å²) in [4.78, 5) is 16.9. The Kier molecular flexibility index (Phi) is 6.45. The fourth-order valence-electron chi connectivity index (χ4n) is 4.43. The van der Waals surface area contributed by atoms with Crippen molar-refractivity contribution in [2.45, 2.75) is 63.5 Å². The average molecular weight is 394 g/mol. The Balaban J connectivity index is 1.26. The highest BCUT2D eigenvalue weighted by Crippen LogP contribution is 2.27. The van der Waals surface area contributed by atoms with Gasteiger partial charge in [0.05, 0.1) is 11.8 Å². The third kappa shape index (κ3) is 5.15. The predicted molar refractivity (Wildman–Crippen MR) is 114 cm³/mol. The highest BCUT2D eigenvalue weighted by Gasteiger charge is 2.24. The van der Waals surface area contributed by atoms with Crippen molar-refractivity contribution in [2.24, 2.45) is 0 Å². The Bertz CT molecular complexity index is 807. The summed E-state index contributed by atoms with van der Waals surface area (Å²) >= 11 is 0. The second-order valence-corrected chi connectivity index (χ2v) is 8.30. The van der Waals surface area contributed by atoms with Gasteiger partial charge in [-0.1, -0.05) is 12.1 Å². The summed E-state index contributed by atoms with van der Waals surface area (Å²) in [5.41, 5.74) is 3.04. The second-order valence-electron chi connectivity index (χ2n) is 8.30. The van der Waals surface area contributed by atoms with E-state index in [1.165, 1.54) is 18.4 Å². The molecule has 29 heavy (non-hydrogen) atoms. The van der Waals surface area contributed by atoms with E-state index in [1.54, 1.807) is 6.20 Å². The molecule has 1 aromatic heterocycles. The van der Waals surface area contributed by atoms with Crippen LogP contribution in [0, 0.1) is 6.92 Å². The molecule has 1 aliphatic heterocycles. The Labute approximate surface area is 173 Å². The number of nitrogens with zero attached hydrogens (tertiary/aromatic N) is 1. The van der Waals surface area contributed by atoms with E-state index < -0.39 is 0 Å². The molecule has 5 nitrogen and oxygen atoms in total. The Morgan fingerprint density at radius 3 is 2.45 bits per heavy atom. The van der Waals surface area contributed by atoms with E-state index >= 15 is 0 Å². The number of rotatable bonds is 5. The van der Waals surface area contributed by atoms with Crippen molar-refractivity contribution in [3.8, 4) is 5.75 Å². The van der Waals surface area contributed by atoms with Gasteiger partial charge in [0.15, 0.2) is 0 Å². The van der Waals surface area contributed by atoms with E-state index in [2.05, 4.69) is 27.8 Å². The molecule has 0 radical (unpaired) electrons. The number of hydrogen-bond donors (Lipinski definition) is 2. The van der Waals surface area contributed by atoms with Crippen molar-refractivity contribution < 1.29 is 9.53 Å². The Morgan fingerprint density at radius 2 is 1.76 bits per heavy atom. The van der Waals surface area contributed by atoms with Crippen molar-refractivity contribution in [3.63, 3.8) is 0 Å². The number of nitrogens with one attached hydrogen (secondary N) is 2. The van der Waals surface area contributed by atoms with Crippen LogP contribution in [-0.2, 0) is 0 Å². The number of pyridine rings is 1. The summed E-state index contributed by atoms with van der Waals surface area (Å²) in [6.45, 7) is 4.14. The molecule has 2 heterocycles. The lowest BCUT2D eigenvalue weighted by Gasteiger charge is -2.30. The summed E-state index contributed by atoms with van der Waals surface area (Å²) < 4.78 is 6.12. The van der Waals surface area contributed by atoms with Gasteiger partial charge in [-0.15, -0.1) is 0 Å². The van der Waals surface area contributed by atoms with Gasteiger partial charge in [0, 0.05) is 17.8 Å². The number of aryl methyl sites for hydroxylation is 1. The van der Waals surface area contributed by atoms with Crippen molar-refractivity contribution >= 4 is 5.91 Å². The standard InChI is InChI=1S/C24H31N3O2/c1-17-23(3-2-14-26-17)29-22-10-8-21(9-11-22)27-24(28)20-6-4-18(5-7-20)19-12-15-25-16-13-19/h2-7,14,19,21-22,25H,8-13,15-16H2,1H3,(H,27,28). The number of amides is 1. The second kappa shape index (κ2) is 9.40. The molecule has 1 aromatic carbocycles. The monoisotopic (exact) mass is 393 g/mol. The Hall–Kier alpha value is -2.40. The van der Waals surface area contributed by atoms with E-state index in [0.717, 1.165) is 55.8 Å². The van der Waals surface area contributed by atoms with Crippen LogP contribution in [0.4, 0.5) is 0 Å². The lowest BCUT2D eigenvalue weighted by molar-refractivity contribution is 0.0893. The molecule has 2 aliphatic rings. The zero-order valence-electron chi connectivity index (χ0n) is 17.2. The zero-order chi connectivity index (χ0) is 20.1. The first-order chi connectivity index (χ1) is 14.2. The maximum absolute atomic E-state index is 12.7. The predicted octanol–water partition coefficient (Wildman–Crippen LogP) is 3.98. The summed E-state index contributed by atoms with van der Waals surface area (Å²) in [6.07, 6.45) is 8.14. The maximum Gasteiger partial charge on any atom is 0.251 e. The normalized spacial score (nSPS) is 22.8. The number of aromatic nitrogens is 1. The molecular weight excluding hydrogens is 362 g/mol. The van der Waals surface area contributed by atoms with E-state index in [4.69, 9.17) is 4.74 Å². The molecule has 1 saturated carbocycles. The molecule has 154 valence electrons. The van der Waals surface area contributed by atoms with Crippen molar-refractivity contribution in [1.29, 1.82) is 0 Å². The zero-order valence-corrected chi connectivity index (χ0v) is 17.2. The van der Waals surface area contributed by atoms with Gasteiger partial charge in [-0.05, 0) is 94.3 Å². The summed E-state index contributed by atoms with van der Waals surface area (Å²) in [6, 6.07) is 12.3. The van der Waals surface area contributed by atoms with Crippen LogP contribution in [0.1, 0.15) is 66.1 Å². The molecule has 0 atom stereocenters. The molecule has 1 saturated heterocycles. The lowest BCUT2D eigenvalue weighted by atomic mass is 9.89. The number of carbonyl (C=O) groups is 1. The molecule has 2 aromatic rings. The minimum Gasteiger partial charge on any atom is -0.489 e. The van der Waals surface area contributed by atoms with Gasteiger partial charge in [0.25, 0.3) is 5.91 Å². The van der Waals surface area contributed by atoms with E-state index in [9.17, 15) is 4.79 Å². The van der Waals surface area contributed by atoms with Crippen molar-refractivity contribution in [3.05, 3.63) is 59.4 Å². The number of hydrogen-bond acceptors (Lipinski definition) is 4. The maximum atomic E-state index is 12.7. The van der Waals surface area contributed by atoms with Gasteiger partial charge in [-0.2, -0.15) is 0 Å². The molecule has 0 bridgehead atoms. The third-order valence-corrected chi connectivity index (χ3v) is 6.24. The molecule has 5 heteroatoms. The van der Waals surface area contributed by atoms with Crippen LogP contribution in [0.15, 0.2) is 42.6 Å². The largest absolute Gasteiger partial charge is 0.489 e. The van der Waals surface area contributed by atoms with Gasteiger partial charge in [0.2, 0.25) is 0 Å². The number of benzene rings is 1. The van der Waals surface area contributed by atoms with Gasteiger partial charge in [-0.3, -0.25) is 9.78 Å². The number of ether oxygens (including phenoxy) is 1. The van der Waals surface area contributed by atoms with Crippen LogP contribution in [-0.4, -0.2) is 36.1 Å². The van der Waals surface area contributed by atoms with E-state index in [1.807, 2.05) is 31.2 Å². The number of carbonyl (C=O) groups excluding carboxylic acids is 1. The SMILES string of the molecule is Cc1ncccc1OC1CCC(NC(=O)c2ccc(C3CCNCC3)cc2)CC1. The summed E-state index contributed by atoms with van der Waals surface area (Å²) in [7, 11) is 0.